The molecule has 0 aromatic heterocycles. The summed E-state index contributed by atoms with van der Waals surface area (Å²) in [6.45, 7) is 5.73. The van der Waals surface area contributed by atoms with Crippen LogP contribution in [0.25, 0.3) is 10.8 Å². The highest BCUT2D eigenvalue weighted by atomic mass is 79.9. The second-order valence-electron chi connectivity index (χ2n) is 6.06. The molecule has 108 valence electrons. The molecule has 0 fully saturated rings. The molecule has 0 saturated carbocycles. The van der Waals surface area contributed by atoms with E-state index in [1.807, 2.05) is 51.1 Å². The van der Waals surface area contributed by atoms with Gasteiger partial charge in [-0.1, -0.05) is 61.0 Å². The van der Waals surface area contributed by atoms with Gasteiger partial charge in [0.15, 0.2) is 0 Å². The molecule has 1 N–H and O–H groups in total. The molecule has 20 heavy (non-hydrogen) atoms. The van der Waals surface area contributed by atoms with Crippen LogP contribution in [0.3, 0.4) is 0 Å². The molecule has 0 atom stereocenters. The van der Waals surface area contributed by atoms with Gasteiger partial charge in [-0.05, 0) is 22.9 Å². The van der Waals surface area contributed by atoms with Crippen LogP contribution in [-0.2, 0) is 10.0 Å². The summed E-state index contributed by atoms with van der Waals surface area (Å²) in [5.41, 5.74) is 0.338. The van der Waals surface area contributed by atoms with Crippen LogP contribution in [0.2, 0.25) is 0 Å². The Balaban J connectivity index is 2.43. The van der Waals surface area contributed by atoms with Crippen LogP contribution < -0.4 is 4.72 Å². The van der Waals surface area contributed by atoms with E-state index in [0.717, 1.165) is 15.2 Å². The third kappa shape index (κ3) is 3.73. The Morgan fingerprint density at radius 3 is 2.25 bits per heavy atom. The summed E-state index contributed by atoms with van der Waals surface area (Å²) >= 11 is 3.48. The summed E-state index contributed by atoms with van der Waals surface area (Å²) < 4.78 is 28.1. The summed E-state index contributed by atoms with van der Waals surface area (Å²) in [6, 6.07) is 11.3. The number of hydrogen-bond acceptors (Lipinski definition) is 2. The summed E-state index contributed by atoms with van der Waals surface area (Å²) in [4.78, 5) is 0. The Kier molecular flexibility index (Phi) is 4.12. The van der Waals surface area contributed by atoms with Gasteiger partial charge in [0.2, 0.25) is 10.0 Å². The topological polar surface area (TPSA) is 46.2 Å². The Morgan fingerprint density at radius 1 is 1.05 bits per heavy atom. The van der Waals surface area contributed by atoms with Gasteiger partial charge in [-0.3, -0.25) is 4.72 Å². The molecule has 0 unspecified atom stereocenters. The lowest BCUT2D eigenvalue weighted by molar-refractivity contribution is 0.463. The predicted molar refractivity (Wildman–Crippen MR) is 88.5 cm³/mol. The lowest BCUT2D eigenvalue weighted by atomic mass is 10.0. The zero-order valence-electron chi connectivity index (χ0n) is 11.8. The second kappa shape index (κ2) is 5.37. The molecule has 2 rings (SSSR count). The van der Waals surface area contributed by atoms with Crippen molar-refractivity contribution < 1.29 is 8.42 Å². The largest absolute Gasteiger partial charge is 0.283 e. The van der Waals surface area contributed by atoms with Gasteiger partial charge < -0.3 is 0 Å². The van der Waals surface area contributed by atoms with Gasteiger partial charge in [-0.2, -0.15) is 0 Å². The fraction of sp³-hybridized carbons (Fsp3) is 0.333. The molecule has 3 nitrogen and oxygen atoms in total. The molecule has 2 aromatic carbocycles. The second-order valence-corrected chi connectivity index (χ2v) is 8.64. The first-order valence-corrected chi connectivity index (χ1v) is 8.80. The maximum Gasteiger partial charge on any atom is 0.233 e. The molecule has 0 aliphatic carbocycles. The zero-order valence-corrected chi connectivity index (χ0v) is 14.2. The number of fused-ring (bicyclic) bond motifs is 1. The molecular formula is C15H18BrNO2S. The monoisotopic (exact) mass is 355 g/mol. The van der Waals surface area contributed by atoms with Gasteiger partial charge in [0.05, 0.1) is 11.4 Å². The highest BCUT2D eigenvalue weighted by Gasteiger charge is 2.22. The Hall–Kier alpha value is -1.07. The van der Waals surface area contributed by atoms with Crippen LogP contribution >= 0.6 is 15.9 Å². The average Bonchev–Trinajstić information content (AvgIpc) is 2.30. The molecule has 0 amide bonds. The van der Waals surface area contributed by atoms with Crippen molar-refractivity contribution in [1.82, 2.24) is 0 Å². The molecule has 0 radical (unpaired) electrons. The van der Waals surface area contributed by atoms with Gasteiger partial charge in [0, 0.05) is 9.86 Å². The molecule has 0 aliphatic rings. The summed E-state index contributed by atoms with van der Waals surface area (Å²) in [5, 5.41) is 1.88. The Morgan fingerprint density at radius 2 is 1.65 bits per heavy atom. The van der Waals surface area contributed by atoms with E-state index >= 15 is 0 Å². The van der Waals surface area contributed by atoms with Gasteiger partial charge in [-0.25, -0.2) is 8.42 Å². The van der Waals surface area contributed by atoms with Crippen LogP contribution in [0.15, 0.2) is 40.9 Å². The molecule has 2 aromatic rings. The van der Waals surface area contributed by atoms with Crippen molar-refractivity contribution in [2.45, 2.75) is 20.8 Å². The minimum atomic E-state index is -3.36. The summed E-state index contributed by atoms with van der Waals surface area (Å²) in [7, 11) is -3.36. The van der Waals surface area contributed by atoms with Crippen LogP contribution in [0.1, 0.15) is 20.8 Å². The van der Waals surface area contributed by atoms with Crippen molar-refractivity contribution >= 4 is 42.4 Å². The number of halogens is 1. The fourth-order valence-corrected chi connectivity index (χ4v) is 4.33. The maximum absolute atomic E-state index is 12.2. The first kappa shape index (κ1) is 15.3. The van der Waals surface area contributed by atoms with E-state index in [2.05, 4.69) is 20.7 Å². The zero-order chi connectivity index (χ0) is 15.0. The van der Waals surface area contributed by atoms with E-state index < -0.39 is 10.0 Å². The van der Waals surface area contributed by atoms with Crippen LogP contribution in [0, 0.1) is 5.41 Å². The molecular weight excluding hydrogens is 338 g/mol. The smallest absolute Gasteiger partial charge is 0.233 e. The molecule has 0 heterocycles. The summed E-state index contributed by atoms with van der Waals surface area (Å²) in [6.07, 6.45) is 0. The SMILES string of the molecule is CC(C)(C)CS(=O)(=O)Nc1ccc(Br)c2ccccc12. The highest BCUT2D eigenvalue weighted by Crippen LogP contribution is 2.31. The average molecular weight is 356 g/mol. The van der Waals surface area contributed by atoms with Crippen molar-refractivity contribution in [1.29, 1.82) is 0 Å². The first-order chi connectivity index (χ1) is 9.18. The normalized spacial score (nSPS) is 12.6. The number of sulfonamides is 1. The lowest BCUT2D eigenvalue weighted by Crippen LogP contribution is -2.26. The molecule has 5 heteroatoms. The fourth-order valence-electron chi connectivity index (χ4n) is 2.12. The number of nitrogens with one attached hydrogen (secondary N) is 1. The van der Waals surface area contributed by atoms with Gasteiger partial charge in [-0.15, -0.1) is 0 Å². The van der Waals surface area contributed by atoms with Crippen LogP contribution in [0.5, 0.6) is 0 Å². The van der Waals surface area contributed by atoms with Crippen molar-refractivity contribution in [3.8, 4) is 0 Å². The standard InChI is InChI=1S/C15H18BrNO2S/c1-15(2,3)10-20(18,19)17-14-9-8-13(16)11-6-4-5-7-12(11)14/h4-9,17H,10H2,1-3H3. The van der Waals surface area contributed by atoms with Crippen LogP contribution in [0.4, 0.5) is 5.69 Å². The van der Waals surface area contributed by atoms with Gasteiger partial charge in [0.1, 0.15) is 0 Å². The van der Waals surface area contributed by atoms with E-state index in [4.69, 9.17) is 0 Å². The minimum absolute atomic E-state index is 0.0877. The highest BCUT2D eigenvalue weighted by molar-refractivity contribution is 9.10. The van der Waals surface area contributed by atoms with Crippen molar-refractivity contribution in [3.63, 3.8) is 0 Å². The Bertz CT molecular complexity index is 733. The van der Waals surface area contributed by atoms with E-state index in [0.29, 0.717) is 5.69 Å². The molecule has 0 bridgehead atoms. The van der Waals surface area contributed by atoms with Crippen molar-refractivity contribution in [2.24, 2.45) is 5.41 Å². The minimum Gasteiger partial charge on any atom is -0.283 e. The maximum atomic E-state index is 12.2. The van der Waals surface area contributed by atoms with E-state index in [9.17, 15) is 8.42 Å². The lowest BCUT2D eigenvalue weighted by Gasteiger charge is -2.19. The van der Waals surface area contributed by atoms with E-state index in [1.165, 1.54) is 0 Å². The summed E-state index contributed by atoms with van der Waals surface area (Å²) in [5.74, 6) is 0.0877. The molecule has 0 spiro atoms. The van der Waals surface area contributed by atoms with Gasteiger partial charge >= 0.3 is 0 Å². The van der Waals surface area contributed by atoms with Crippen molar-refractivity contribution in [3.05, 3.63) is 40.9 Å². The third-order valence-electron chi connectivity index (χ3n) is 2.76. The van der Waals surface area contributed by atoms with Crippen LogP contribution in [-0.4, -0.2) is 14.2 Å². The van der Waals surface area contributed by atoms with Crippen molar-refractivity contribution in [2.75, 3.05) is 10.5 Å². The molecule has 0 aliphatic heterocycles. The van der Waals surface area contributed by atoms with E-state index in [-0.39, 0.29) is 11.2 Å². The number of rotatable bonds is 3. The number of anilines is 1. The first-order valence-electron chi connectivity index (χ1n) is 6.36. The number of hydrogen-bond donors (Lipinski definition) is 1. The Labute approximate surface area is 128 Å². The molecule has 0 saturated heterocycles. The quantitative estimate of drug-likeness (QED) is 0.887. The third-order valence-corrected chi connectivity index (χ3v) is 5.23. The van der Waals surface area contributed by atoms with E-state index in [1.54, 1.807) is 6.07 Å². The van der Waals surface area contributed by atoms with Gasteiger partial charge in [0.25, 0.3) is 0 Å². The number of benzene rings is 2. The predicted octanol–water partition coefficient (Wildman–Crippen LogP) is 4.39.